The SMILES string of the molecule is O=C(Nc1cccnc1C(=O)O)c1ccc(F)c(F)c1F. The Kier molecular flexibility index (Phi) is 3.88. The van der Waals surface area contributed by atoms with E-state index in [1.54, 1.807) is 0 Å². The number of carboxylic acids is 1. The summed E-state index contributed by atoms with van der Waals surface area (Å²) in [7, 11) is 0. The number of carboxylic acid groups (broad SMARTS) is 1. The average Bonchev–Trinajstić information content (AvgIpc) is 2.45. The Morgan fingerprint density at radius 1 is 1.10 bits per heavy atom. The van der Waals surface area contributed by atoms with E-state index in [1.165, 1.54) is 18.3 Å². The normalized spacial score (nSPS) is 10.2. The molecule has 1 heterocycles. The number of carbonyl (C=O) groups excluding carboxylic acids is 1. The van der Waals surface area contributed by atoms with Gasteiger partial charge in [0.25, 0.3) is 5.91 Å². The predicted molar refractivity (Wildman–Crippen MR) is 65.5 cm³/mol. The van der Waals surface area contributed by atoms with Crippen molar-refractivity contribution in [3.63, 3.8) is 0 Å². The number of rotatable bonds is 3. The van der Waals surface area contributed by atoms with E-state index in [0.717, 1.165) is 6.07 Å². The van der Waals surface area contributed by atoms with Gasteiger partial charge in [-0.3, -0.25) is 4.79 Å². The van der Waals surface area contributed by atoms with Crippen LogP contribution in [0.2, 0.25) is 0 Å². The maximum absolute atomic E-state index is 13.5. The Morgan fingerprint density at radius 3 is 2.48 bits per heavy atom. The fourth-order valence-corrected chi connectivity index (χ4v) is 1.57. The number of nitrogens with one attached hydrogen (secondary N) is 1. The molecule has 0 spiro atoms. The molecule has 108 valence electrons. The maximum atomic E-state index is 13.5. The summed E-state index contributed by atoms with van der Waals surface area (Å²) in [6.45, 7) is 0. The highest BCUT2D eigenvalue weighted by Crippen LogP contribution is 2.18. The molecule has 0 bridgehead atoms. The molecule has 0 saturated carbocycles. The third kappa shape index (κ3) is 2.83. The van der Waals surface area contributed by atoms with E-state index < -0.39 is 40.6 Å². The molecule has 0 aliphatic carbocycles. The van der Waals surface area contributed by atoms with Gasteiger partial charge in [0.05, 0.1) is 11.3 Å². The van der Waals surface area contributed by atoms with Crippen molar-refractivity contribution in [1.29, 1.82) is 0 Å². The van der Waals surface area contributed by atoms with Gasteiger partial charge < -0.3 is 10.4 Å². The molecule has 2 rings (SSSR count). The number of aromatic nitrogens is 1. The second kappa shape index (κ2) is 5.61. The number of hydrogen-bond acceptors (Lipinski definition) is 3. The van der Waals surface area contributed by atoms with Crippen molar-refractivity contribution >= 4 is 17.6 Å². The fourth-order valence-electron chi connectivity index (χ4n) is 1.57. The lowest BCUT2D eigenvalue weighted by molar-refractivity contribution is 0.0691. The van der Waals surface area contributed by atoms with Crippen LogP contribution in [-0.4, -0.2) is 22.0 Å². The highest BCUT2D eigenvalue weighted by atomic mass is 19.2. The molecule has 0 atom stereocenters. The van der Waals surface area contributed by atoms with Gasteiger partial charge in [0.1, 0.15) is 0 Å². The van der Waals surface area contributed by atoms with E-state index in [4.69, 9.17) is 5.11 Å². The van der Waals surface area contributed by atoms with Crippen LogP contribution in [0.5, 0.6) is 0 Å². The van der Waals surface area contributed by atoms with Crippen LogP contribution in [0.3, 0.4) is 0 Å². The summed E-state index contributed by atoms with van der Waals surface area (Å²) in [4.78, 5) is 26.3. The Labute approximate surface area is 116 Å². The summed E-state index contributed by atoms with van der Waals surface area (Å²) in [5.41, 5.74) is -1.41. The molecule has 8 heteroatoms. The van der Waals surface area contributed by atoms with E-state index in [2.05, 4.69) is 10.3 Å². The first-order valence-corrected chi connectivity index (χ1v) is 5.55. The largest absolute Gasteiger partial charge is 0.476 e. The van der Waals surface area contributed by atoms with Gasteiger partial charge in [0.2, 0.25) is 0 Å². The first-order chi connectivity index (χ1) is 9.91. The van der Waals surface area contributed by atoms with Crippen LogP contribution in [0.25, 0.3) is 0 Å². The zero-order valence-electron chi connectivity index (χ0n) is 10.2. The van der Waals surface area contributed by atoms with Crippen molar-refractivity contribution in [2.45, 2.75) is 0 Å². The number of hydrogen-bond donors (Lipinski definition) is 2. The molecule has 1 aromatic heterocycles. The van der Waals surface area contributed by atoms with Gasteiger partial charge in [-0.1, -0.05) is 0 Å². The minimum Gasteiger partial charge on any atom is -0.476 e. The second-order valence-electron chi connectivity index (χ2n) is 3.88. The van der Waals surface area contributed by atoms with E-state index in [1.807, 2.05) is 0 Å². The van der Waals surface area contributed by atoms with Gasteiger partial charge >= 0.3 is 5.97 Å². The molecule has 2 N–H and O–H groups in total. The Hall–Kier alpha value is -2.90. The average molecular weight is 296 g/mol. The lowest BCUT2D eigenvalue weighted by atomic mass is 10.1. The van der Waals surface area contributed by atoms with E-state index in [-0.39, 0.29) is 5.69 Å². The number of benzene rings is 1. The Balaban J connectivity index is 2.36. The van der Waals surface area contributed by atoms with Gasteiger partial charge in [0.15, 0.2) is 23.1 Å². The minimum atomic E-state index is -1.78. The fraction of sp³-hybridized carbons (Fsp3) is 0. The molecule has 1 amide bonds. The van der Waals surface area contributed by atoms with Gasteiger partial charge in [0, 0.05) is 6.20 Å². The van der Waals surface area contributed by atoms with Crippen molar-refractivity contribution in [3.8, 4) is 0 Å². The highest BCUT2D eigenvalue weighted by molar-refractivity contribution is 6.07. The maximum Gasteiger partial charge on any atom is 0.356 e. The van der Waals surface area contributed by atoms with Gasteiger partial charge in [-0.15, -0.1) is 0 Å². The summed E-state index contributed by atoms with van der Waals surface area (Å²) >= 11 is 0. The Bertz CT molecular complexity index is 735. The van der Waals surface area contributed by atoms with E-state index in [9.17, 15) is 22.8 Å². The first-order valence-electron chi connectivity index (χ1n) is 5.55. The van der Waals surface area contributed by atoms with Crippen molar-refractivity contribution in [2.24, 2.45) is 0 Å². The van der Waals surface area contributed by atoms with Crippen LogP contribution in [0, 0.1) is 17.5 Å². The van der Waals surface area contributed by atoms with Gasteiger partial charge in [-0.05, 0) is 24.3 Å². The minimum absolute atomic E-state index is 0.195. The zero-order chi connectivity index (χ0) is 15.6. The molecule has 0 radical (unpaired) electrons. The first kappa shape index (κ1) is 14.5. The number of pyridine rings is 1. The number of aromatic carboxylic acids is 1. The summed E-state index contributed by atoms with van der Waals surface area (Å²) in [5.74, 6) is -7.41. The van der Waals surface area contributed by atoms with Crippen LogP contribution in [0.15, 0.2) is 30.5 Å². The smallest absolute Gasteiger partial charge is 0.356 e. The van der Waals surface area contributed by atoms with Crippen LogP contribution in [0.1, 0.15) is 20.8 Å². The van der Waals surface area contributed by atoms with E-state index in [0.29, 0.717) is 6.07 Å². The standard InChI is InChI=1S/C13H7F3N2O3/c14-7-4-3-6(9(15)10(7)16)12(19)18-8-2-1-5-17-11(8)13(20)21/h1-5H,(H,18,19)(H,20,21). The van der Waals surface area contributed by atoms with Crippen molar-refractivity contribution in [1.82, 2.24) is 4.98 Å². The highest BCUT2D eigenvalue weighted by Gasteiger charge is 2.20. The molecule has 0 unspecified atom stereocenters. The van der Waals surface area contributed by atoms with Crippen LogP contribution < -0.4 is 5.32 Å². The van der Waals surface area contributed by atoms with Crippen molar-refractivity contribution in [3.05, 3.63) is 59.2 Å². The van der Waals surface area contributed by atoms with Crippen LogP contribution in [0.4, 0.5) is 18.9 Å². The molecule has 0 aliphatic rings. The molecule has 0 aliphatic heterocycles. The van der Waals surface area contributed by atoms with Gasteiger partial charge in [-0.2, -0.15) is 0 Å². The molecule has 5 nitrogen and oxygen atoms in total. The summed E-state index contributed by atoms with van der Waals surface area (Å²) in [6, 6.07) is 3.92. The summed E-state index contributed by atoms with van der Waals surface area (Å²) in [6.07, 6.45) is 1.19. The Morgan fingerprint density at radius 2 is 1.81 bits per heavy atom. The number of amides is 1. The monoisotopic (exact) mass is 296 g/mol. The molecule has 0 saturated heterocycles. The zero-order valence-corrected chi connectivity index (χ0v) is 10.2. The topological polar surface area (TPSA) is 79.3 Å². The summed E-state index contributed by atoms with van der Waals surface area (Å²) < 4.78 is 39.3. The van der Waals surface area contributed by atoms with Crippen molar-refractivity contribution < 1.29 is 27.9 Å². The molecule has 0 fully saturated rings. The lowest BCUT2D eigenvalue weighted by Gasteiger charge is -2.08. The summed E-state index contributed by atoms with van der Waals surface area (Å²) in [5, 5.41) is 11.0. The molecule has 2 aromatic rings. The lowest BCUT2D eigenvalue weighted by Crippen LogP contribution is -2.17. The molecule has 1 aromatic carbocycles. The molecular weight excluding hydrogens is 289 g/mol. The second-order valence-corrected chi connectivity index (χ2v) is 3.88. The predicted octanol–water partition coefficient (Wildman–Crippen LogP) is 2.45. The number of anilines is 1. The van der Waals surface area contributed by atoms with Crippen LogP contribution in [-0.2, 0) is 0 Å². The molecule has 21 heavy (non-hydrogen) atoms. The number of halogens is 3. The van der Waals surface area contributed by atoms with E-state index >= 15 is 0 Å². The van der Waals surface area contributed by atoms with Crippen molar-refractivity contribution in [2.75, 3.05) is 5.32 Å². The number of carbonyl (C=O) groups is 2. The third-order valence-electron chi connectivity index (χ3n) is 2.54. The quantitative estimate of drug-likeness (QED) is 0.853. The third-order valence-corrected chi connectivity index (χ3v) is 2.54. The number of nitrogens with zero attached hydrogens (tertiary/aromatic N) is 1. The molecular formula is C13H7F3N2O3. The van der Waals surface area contributed by atoms with Gasteiger partial charge in [-0.25, -0.2) is 22.9 Å². The van der Waals surface area contributed by atoms with Crippen LogP contribution >= 0.6 is 0 Å².